The Morgan fingerprint density at radius 2 is 1.65 bits per heavy atom. The molecule has 0 saturated carbocycles. The second-order valence-electron chi connectivity index (χ2n) is 3.92. The van der Waals surface area contributed by atoms with E-state index in [2.05, 4.69) is 15.8 Å². The molecule has 0 bridgehead atoms. The first-order valence-electron chi connectivity index (χ1n) is 5.99. The predicted octanol–water partition coefficient (Wildman–Crippen LogP) is 1.56. The number of rotatable bonds is 3. The molecule has 0 unspecified atom stereocenters. The van der Waals surface area contributed by atoms with E-state index >= 15 is 0 Å². The van der Waals surface area contributed by atoms with E-state index < -0.39 is 11.8 Å². The van der Waals surface area contributed by atoms with E-state index in [1.165, 1.54) is 18.5 Å². The van der Waals surface area contributed by atoms with Crippen LogP contribution in [0.5, 0.6) is 0 Å². The fraction of sp³-hybridized carbons (Fsp3) is 0. The number of nitrogens with zero attached hydrogens (tertiary/aromatic N) is 1. The van der Waals surface area contributed by atoms with Crippen LogP contribution >= 0.6 is 0 Å². The first-order valence-corrected chi connectivity index (χ1v) is 5.99. The van der Waals surface area contributed by atoms with Gasteiger partial charge in [-0.1, -0.05) is 30.3 Å². The highest BCUT2D eigenvalue weighted by molar-refractivity contribution is 5.97. The number of benzene rings is 1. The zero-order valence-electron chi connectivity index (χ0n) is 10.6. The normalized spacial score (nSPS) is 10.2. The van der Waals surface area contributed by atoms with Gasteiger partial charge in [0.2, 0.25) is 0 Å². The average molecular weight is 267 g/mol. The number of hydrogen-bond donors (Lipinski definition) is 2. The third-order valence-corrected chi connectivity index (χ3v) is 2.47. The number of carbonyl (C=O) groups excluding carboxylic acids is 2. The summed E-state index contributed by atoms with van der Waals surface area (Å²) in [4.78, 5) is 27.0. The molecular weight excluding hydrogens is 254 g/mol. The van der Waals surface area contributed by atoms with Crippen molar-refractivity contribution in [3.8, 4) is 0 Å². The number of amides is 2. The van der Waals surface area contributed by atoms with Crippen LogP contribution in [0.2, 0.25) is 0 Å². The standard InChI is InChI=1S/C15H13N3O2/c19-14(7-6-12-4-2-1-3-5-12)17-18-15(20)13-8-10-16-11-9-13/h1-11H,(H,17,19)(H,18,20)/b7-6+. The number of carbonyl (C=O) groups is 2. The third kappa shape index (κ3) is 4.06. The van der Waals surface area contributed by atoms with Crippen molar-refractivity contribution in [3.63, 3.8) is 0 Å². The number of aromatic nitrogens is 1. The number of hydrogen-bond acceptors (Lipinski definition) is 3. The first-order chi connectivity index (χ1) is 9.75. The molecule has 5 nitrogen and oxygen atoms in total. The van der Waals surface area contributed by atoms with E-state index in [4.69, 9.17) is 0 Å². The molecular formula is C15H13N3O2. The van der Waals surface area contributed by atoms with Gasteiger partial charge in [0.15, 0.2) is 0 Å². The van der Waals surface area contributed by atoms with Crippen LogP contribution < -0.4 is 10.9 Å². The lowest BCUT2D eigenvalue weighted by molar-refractivity contribution is -0.117. The largest absolute Gasteiger partial charge is 0.269 e. The maximum Gasteiger partial charge on any atom is 0.269 e. The smallest absolute Gasteiger partial charge is 0.268 e. The zero-order chi connectivity index (χ0) is 14.2. The Bertz CT molecular complexity index is 610. The molecule has 20 heavy (non-hydrogen) atoms. The van der Waals surface area contributed by atoms with E-state index in [0.29, 0.717) is 5.56 Å². The van der Waals surface area contributed by atoms with Crippen molar-refractivity contribution in [3.05, 3.63) is 72.1 Å². The summed E-state index contributed by atoms with van der Waals surface area (Å²) in [5.41, 5.74) is 5.95. The molecule has 0 atom stereocenters. The summed E-state index contributed by atoms with van der Waals surface area (Å²) >= 11 is 0. The second kappa shape index (κ2) is 6.84. The van der Waals surface area contributed by atoms with E-state index in [1.807, 2.05) is 30.3 Å². The fourth-order valence-corrected chi connectivity index (χ4v) is 1.47. The van der Waals surface area contributed by atoms with Crippen LogP contribution in [0.15, 0.2) is 60.9 Å². The van der Waals surface area contributed by atoms with E-state index in [-0.39, 0.29) is 0 Å². The lowest BCUT2D eigenvalue weighted by atomic mass is 10.2. The van der Waals surface area contributed by atoms with Crippen molar-refractivity contribution in [2.24, 2.45) is 0 Å². The van der Waals surface area contributed by atoms with Gasteiger partial charge in [0, 0.05) is 24.0 Å². The third-order valence-electron chi connectivity index (χ3n) is 2.47. The molecule has 1 heterocycles. The van der Waals surface area contributed by atoms with Crippen LogP contribution in [-0.2, 0) is 4.79 Å². The Morgan fingerprint density at radius 3 is 2.35 bits per heavy atom. The molecule has 1 aromatic carbocycles. The van der Waals surface area contributed by atoms with Crippen molar-refractivity contribution in [2.45, 2.75) is 0 Å². The van der Waals surface area contributed by atoms with E-state index in [1.54, 1.807) is 18.2 Å². The van der Waals surface area contributed by atoms with Crippen LogP contribution in [-0.4, -0.2) is 16.8 Å². The first kappa shape index (κ1) is 13.5. The Hall–Kier alpha value is -2.95. The maximum absolute atomic E-state index is 11.6. The highest BCUT2D eigenvalue weighted by Gasteiger charge is 2.04. The molecule has 0 saturated heterocycles. The summed E-state index contributed by atoms with van der Waals surface area (Å²) in [7, 11) is 0. The summed E-state index contributed by atoms with van der Waals surface area (Å²) in [5.74, 6) is -0.801. The number of pyridine rings is 1. The summed E-state index contributed by atoms with van der Waals surface area (Å²) in [6, 6.07) is 12.5. The molecule has 5 heteroatoms. The Morgan fingerprint density at radius 1 is 0.950 bits per heavy atom. The van der Waals surface area contributed by atoms with Crippen LogP contribution in [0.1, 0.15) is 15.9 Å². The van der Waals surface area contributed by atoms with Gasteiger partial charge in [-0.3, -0.25) is 25.4 Å². The van der Waals surface area contributed by atoms with Gasteiger partial charge in [0.1, 0.15) is 0 Å². The lowest BCUT2D eigenvalue weighted by Gasteiger charge is -2.04. The van der Waals surface area contributed by atoms with Gasteiger partial charge in [-0.05, 0) is 23.8 Å². The monoisotopic (exact) mass is 267 g/mol. The maximum atomic E-state index is 11.6. The van der Waals surface area contributed by atoms with Gasteiger partial charge in [0.25, 0.3) is 11.8 Å². The Balaban J connectivity index is 1.84. The van der Waals surface area contributed by atoms with Gasteiger partial charge >= 0.3 is 0 Å². The Kier molecular flexibility index (Phi) is 4.61. The number of nitrogens with one attached hydrogen (secondary N) is 2. The minimum absolute atomic E-state index is 0.395. The molecule has 1 aromatic heterocycles. The quantitative estimate of drug-likeness (QED) is 0.655. The van der Waals surface area contributed by atoms with Gasteiger partial charge in [-0.15, -0.1) is 0 Å². The van der Waals surface area contributed by atoms with Crippen molar-refractivity contribution in [2.75, 3.05) is 0 Å². The lowest BCUT2D eigenvalue weighted by Crippen LogP contribution is -2.40. The van der Waals surface area contributed by atoms with Gasteiger partial charge in [-0.2, -0.15) is 0 Å². The molecule has 0 spiro atoms. The highest BCUT2D eigenvalue weighted by atomic mass is 16.2. The van der Waals surface area contributed by atoms with Crippen LogP contribution in [0.3, 0.4) is 0 Å². The predicted molar refractivity (Wildman–Crippen MR) is 75.3 cm³/mol. The molecule has 0 aliphatic rings. The highest BCUT2D eigenvalue weighted by Crippen LogP contribution is 2.00. The SMILES string of the molecule is O=C(/C=C/c1ccccc1)NNC(=O)c1ccncc1. The molecule has 0 fully saturated rings. The molecule has 0 aliphatic carbocycles. The van der Waals surface area contributed by atoms with Crippen LogP contribution in [0, 0.1) is 0 Å². The van der Waals surface area contributed by atoms with Crippen molar-refractivity contribution in [1.82, 2.24) is 15.8 Å². The van der Waals surface area contributed by atoms with E-state index in [9.17, 15) is 9.59 Å². The molecule has 2 amide bonds. The fourth-order valence-electron chi connectivity index (χ4n) is 1.47. The minimum atomic E-state index is -0.406. The molecule has 2 N–H and O–H groups in total. The molecule has 2 rings (SSSR count). The van der Waals surface area contributed by atoms with Gasteiger partial charge in [-0.25, -0.2) is 0 Å². The summed E-state index contributed by atoms with van der Waals surface area (Å²) in [5, 5.41) is 0. The molecule has 0 aliphatic heterocycles. The molecule has 2 aromatic rings. The van der Waals surface area contributed by atoms with Crippen molar-refractivity contribution in [1.29, 1.82) is 0 Å². The summed E-state index contributed by atoms with van der Waals surface area (Å²) in [6.07, 6.45) is 6.02. The van der Waals surface area contributed by atoms with Crippen LogP contribution in [0.25, 0.3) is 6.08 Å². The zero-order valence-corrected chi connectivity index (χ0v) is 10.6. The Labute approximate surface area is 116 Å². The average Bonchev–Trinajstić information content (AvgIpc) is 2.52. The second-order valence-corrected chi connectivity index (χ2v) is 3.92. The summed E-state index contributed by atoms with van der Waals surface area (Å²) in [6.45, 7) is 0. The van der Waals surface area contributed by atoms with Crippen molar-refractivity contribution < 1.29 is 9.59 Å². The van der Waals surface area contributed by atoms with Crippen LogP contribution in [0.4, 0.5) is 0 Å². The molecule has 100 valence electrons. The summed E-state index contributed by atoms with van der Waals surface area (Å²) < 4.78 is 0. The minimum Gasteiger partial charge on any atom is -0.268 e. The van der Waals surface area contributed by atoms with Crippen molar-refractivity contribution >= 4 is 17.9 Å². The van der Waals surface area contributed by atoms with E-state index in [0.717, 1.165) is 5.56 Å². The van der Waals surface area contributed by atoms with Gasteiger partial charge in [0.05, 0.1) is 0 Å². The molecule has 0 radical (unpaired) electrons. The van der Waals surface area contributed by atoms with Gasteiger partial charge < -0.3 is 0 Å². The number of hydrazine groups is 1. The topological polar surface area (TPSA) is 71.1 Å².